The van der Waals surface area contributed by atoms with Gasteiger partial charge in [0.05, 0.1) is 23.4 Å². The lowest BCUT2D eigenvalue weighted by atomic mass is 10.2. The van der Waals surface area contributed by atoms with Gasteiger partial charge in [0.15, 0.2) is 11.5 Å². The van der Waals surface area contributed by atoms with E-state index in [1.165, 1.54) is 43.7 Å². The number of ether oxygens (including phenoxy) is 2. The summed E-state index contributed by atoms with van der Waals surface area (Å²) >= 11 is 3.43. The topological polar surface area (TPSA) is 59.9 Å². The fourth-order valence-electron chi connectivity index (χ4n) is 2.56. The Hall–Kier alpha value is -3.26. The Kier molecular flexibility index (Phi) is 7.13. The van der Waals surface area contributed by atoms with E-state index in [9.17, 15) is 13.6 Å². The molecule has 3 aromatic rings. The van der Waals surface area contributed by atoms with Gasteiger partial charge in [0.1, 0.15) is 18.2 Å². The van der Waals surface area contributed by atoms with Crippen molar-refractivity contribution in [2.45, 2.75) is 6.61 Å². The molecule has 0 radical (unpaired) electrons. The largest absolute Gasteiger partial charge is 0.493 e. The van der Waals surface area contributed by atoms with E-state index in [4.69, 9.17) is 9.47 Å². The van der Waals surface area contributed by atoms with E-state index < -0.39 is 11.7 Å². The molecule has 0 aliphatic carbocycles. The minimum atomic E-state index is -0.658. The van der Waals surface area contributed by atoms with E-state index in [0.717, 1.165) is 5.56 Å². The second kappa shape index (κ2) is 9.98. The van der Waals surface area contributed by atoms with Crippen LogP contribution in [0.2, 0.25) is 0 Å². The lowest BCUT2D eigenvalue weighted by Gasteiger charge is -2.13. The summed E-state index contributed by atoms with van der Waals surface area (Å²) in [5.41, 5.74) is 3.60. The quantitative estimate of drug-likeness (QED) is 0.383. The van der Waals surface area contributed by atoms with Crippen LogP contribution in [-0.2, 0) is 6.61 Å². The van der Waals surface area contributed by atoms with E-state index in [0.29, 0.717) is 21.5 Å². The van der Waals surface area contributed by atoms with Crippen molar-refractivity contribution >= 4 is 28.1 Å². The zero-order valence-corrected chi connectivity index (χ0v) is 17.4. The number of hydrogen-bond donors (Lipinski definition) is 1. The number of carbonyl (C=O) groups is 1. The highest BCUT2D eigenvalue weighted by molar-refractivity contribution is 9.10. The van der Waals surface area contributed by atoms with E-state index >= 15 is 0 Å². The highest BCUT2D eigenvalue weighted by Gasteiger charge is 2.12. The van der Waals surface area contributed by atoms with Crippen molar-refractivity contribution in [1.82, 2.24) is 5.43 Å². The maximum atomic E-state index is 13.6. The van der Waals surface area contributed by atoms with Crippen LogP contribution in [0, 0.1) is 11.6 Å². The predicted molar refractivity (Wildman–Crippen MR) is 113 cm³/mol. The highest BCUT2D eigenvalue weighted by Crippen LogP contribution is 2.36. The van der Waals surface area contributed by atoms with Gasteiger partial charge in [-0.1, -0.05) is 24.3 Å². The Bertz CT molecular complexity index is 1070. The van der Waals surface area contributed by atoms with Crippen molar-refractivity contribution in [1.29, 1.82) is 0 Å². The van der Waals surface area contributed by atoms with Gasteiger partial charge in [0.25, 0.3) is 5.91 Å². The molecule has 0 aliphatic heterocycles. The summed E-state index contributed by atoms with van der Waals surface area (Å²) in [6.45, 7) is 0.224. The Balaban J connectivity index is 1.70. The second-order valence-electron chi connectivity index (χ2n) is 6.13. The molecule has 0 atom stereocenters. The summed E-state index contributed by atoms with van der Waals surface area (Å²) in [5.74, 6) is -0.696. The average Bonchev–Trinajstić information content (AvgIpc) is 2.74. The molecule has 3 aromatic carbocycles. The van der Waals surface area contributed by atoms with Crippen LogP contribution in [0.4, 0.5) is 8.78 Å². The van der Waals surface area contributed by atoms with Crippen LogP contribution in [0.25, 0.3) is 0 Å². The smallest absolute Gasteiger partial charge is 0.274 e. The Morgan fingerprint density at radius 2 is 1.87 bits per heavy atom. The summed E-state index contributed by atoms with van der Waals surface area (Å²) in [4.78, 5) is 12.0. The zero-order valence-electron chi connectivity index (χ0n) is 15.9. The maximum Gasteiger partial charge on any atom is 0.274 e. The molecule has 0 bridgehead atoms. The number of benzene rings is 3. The van der Waals surface area contributed by atoms with E-state index in [1.807, 2.05) is 0 Å². The van der Waals surface area contributed by atoms with Gasteiger partial charge in [-0.15, -0.1) is 0 Å². The van der Waals surface area contributed by atoms with Gasteiger partial charge in [0, 0.05) is 0 Å². The minimum Gasteiger partial charge on any atom is -0.493 e. The summed E-state index contributed by atoms with van der Waals surface area (Å²) < 4.78 is 38.4. The predicted octanol–water partition coefficient (Wildman–Crippen LogP) is 5.08. The number of rotatable bonds is 7. The van der Waals surface area contributed by atoms with Crippen LogP contribution in [0.3, 0.4) is 0 Å². The molecule has 3 rings (SSSR count). The third-order valence-corrected chi connectivity index (χ3v) is 4.64. The number of carbonyl (C=O) groups excluding carboxylic acids is 1. The van der Waals surface area contributed by atoms with E-state index in [1.54, 1.807) is 30.3 Å². The molecule has 0 heterocycles. The van der Waals surface area contributed by atoms with Crippen LogP contribution in [-0.4, -0.2) is 19.2 Å². The number of methoxy groups -OCH3 is 1. The van der Waals surface area contributed by atoms with Crippen LogP contribution < -0.4 is 14.9 Å². The van der Waals surface area contributed by atoms with Gasteiger partial charge in [-0.25, -0.2) is 14.2 Å². The molecule has 0 fully saturated rings. The molecule has 0 unspecified atom stereocenters. The lowest BCUT2D eigenvalue weighted by Crippen LogP contribution is -2.18. The first-order valence-electron chi connectivity index (χ1n) is 8.80. The number of amides is 1. The van der Waals surface area contributed by atoms with E-state index in [-0.39, 0.29) is 18.0 Å². The van der Waals surface area contributed by atoms with Gasteiger partial charge in [-0.3, -0.25) is 4.79 Å². The number of hydrogen-bond acceptors (Lipinski definition) is 4. The fraction of sp³-hybridized carbons (Fsp3) is 0.0909. The number of halogens is 3. The molecule has 1 amide bonds. The first kappa shape index (κ1) is 21.4. The van der Waals surface area contributed by atoms with Crippen LogP contribution in [0.1, 0.15) is 21.5 Å². The van der Waals surface area contributed by atoms with Gasteiger partial charge in [0.2, 0.25) is 0 Å². The molecule has 5 nitrogen and oxygen atoms in total. The standard InChI is InChI=1S/C22H17BrF2N2O3/c1-29-20-11-15(12-26-27-22(28)17-4-2-3-5-19(17)25)10-18(23)21(20)30-13-14-6-8-16(24)9-7-14/h2-12H,13H2,1H3,(H,27,28)/b26-12-. The van der Waals surface area contributed by atoms with Crippen molar-refractivity contribution in [3.05, 3.63) is 93.5 Å². The van der Waals surface area contributed by atoms with Gasteiger partial charge in [-0.2, -0.15) is 5.10 Å². The number of nitrogens with one attached hydrogen (secondary N) is 1. The number of nitrogens with zero attached hydrogens (tertiary/aromatic N) is 1. The van der Waals surface area contributed by atoms with Crippen molar-refractivity contribution in [2.75, 3.05) is 7.11 Å². The molecule has 8 heteroatoms. The summed E-state index contributed by atoms with van der Waals surface area (Å²) in [6.07, 6.45) is 1.40. The third-order valence-electron chi connectivity index (χ3n) is 4.05. The summed E-state index contributed by atoms with van der Waals surface area (Å²) in [7, 11) is 1.49. The number of hydrazone groups is 1. The average molecular weight is 475 g/mol. The van der Waals surface area contributed by atoms with Gasteiger partial charge >= 0.3 is 0 Å². The molecular formula is C22H17BrF2N2O3. The molecule has 1 N–H and O–H groups in total. The maximum absolute atomic E-state index is 13.6. The van der Waals surface area contributed by atoms with Crippen molar-refractivity contribution < 1.29 is 23.0 Å². The normalized spacial score (nSPS) is 10.8. The molecule has 0 spiro atoms. The summed E-state index contributed by atoms with van der Waals surface area (Å²) in [5, 5.41) is 3.86. The molecule has 0 aromatic heterocycles. The first-order chi connectivity index (χ1) is 14.5. The molecular weight excluding hydrogens is 458 g/mol. The summed E-state index contributed by atoms with van der Waals surface area (Å²) in [6, 6.07) is 15.0. The van der Waals surface area contributed by atoms with Gasteiger partial charge < -0.3 is 9.47 Å². The molecule has 30 heavy (non-hydrogen) atoms. The SMILES string of the molecule is COc1cc(/C=N\NC(=O)c2ccccc2F)cc(Br)c1OCc1ccc(F)cc1. The molecule has 0 saturated carbocycles. The van der Waals surface area contributed by atoms with Crippen LogP contribution in [0.5, 0.6) is 11.5 Å². The molecule has 154 valence electrons. The van der Waals surface area contributed by atoms with Crippen molar-refractivity contribution in [3.8, 4) is 11.5 Å². The Morgan fingerprint density at radius 1 is 1.13 bits per heavy atom. The zero-order chi connectivity index (χ0) is 21.5. The van der Waals surface area contributed by atoms with Crippen molar-refractivity contribution in [2.24, 2.45) is 5.10 Å². The second-order valence-corrected chi connectivity index (χ2v) is 6.98. The van der Waals surface area contributed by atoms with Crippen molar-refractivity contribution in [3.63, 3.8) is 0 Å². The first-order valence-corrected chi connectivity index (χ1v) is 9.60. The highest BCUT2D eigenvalue weighted by atomic mass is 79.9. The van der Waals surface area contributed by atoms with E-state index in [2.05, 4.69) is 26.5 Å². The van der Waals surface area contributed by atoms with Crippen LogP contribution >= 0.6 is 15.9 Å². The monoisotopic (exact) mass is 474 g/mol. The Labute approximate surface area is 180 Å². The third kappa shape index (κ3) is 5.42. The van der Waals surface area contributed by atoms with Crippen LogP contribution in [0.15, 0.2) is 70.2 Å². The Morgan fingerprint density at radius 3 is 2.57 bits per heavy atom. The lowest BCUT2D eigenvalue weighted by molar-refractivity contribution is 0.0951. The molecule has 0 saturated heterocycles. The molecule has 0 aliphatic rings. The minimum absolute atomic E-state index is 0.0991. The van der Waals surface area contributed by atoms with Gasteiger partial charge in [-0.05, 0) is 63.5 Å². The fourth-order valence-corrected chi connectivity index (χ4v) is 3.14.